The Bertz CT molecular complexity index is 392. The molecule has 0 bridgehead atoms. The molecule has 0 fully saturated rings. The zero-order chi connectivity index (χ0) is 10.8. The molecule has 1 aromatic carbocycles. The van der Waals surface area contributed by atoms with Crippen LogP contribution in [0.2, 0.25) is 0 Å². The van der Waals surface area contributed by atoms with Gasteiger partial charge in [0.1, 0.15) is 12.5 Å². The second-order valence-corrected chi connectivity index (χ2v) is 3.26. The number of fused-ring (bicyclic) bond motifs is 1. The lowest BCUT2D eigenvalue weighted by Gasteiger charge is -2.28. The lowest BCUT2D eigenvalue weighted by molar-refractivity contribution is -0.122. The maximum atomic E-state index is 11.5. The number of benzene rings is 1. The van der Waals surface area contributed by atoms with Crippen LogP contribution >= 0.6 is 0 Å². The molecule has 0 atom stereocenters. The molecule has 0 aliphatic carbocycles. The summed E-state index contributed by atoms with van der Waals surface area (Å²) in [6.07, 6.45) is 0. The molecule has 2 rings (SSSR count). The van der Waals surface area contributed by atoms with Crippen LogP contribution in [0.3, 0.4) is 0 Å². The Morgan fingerprint density at radius 2 is 2.40 bits per heavy atom. The Morgan fingerprint density at radius 1 is 1.60 bits per heavy atom. The molecule has 1 aliphatic heterocycles. The van der Waals surface area contributed by atoms with Crippen molar-refractivity contribution in [2.45, 2.75) is 0 Å². The Balaban J connectivity index is 2.41. The van der Waals surface area contributed by atoms with Gasteiger partial charge in [-0.2, -0.15) is 0 Å². The van der Waals surface area contributed by atoms with Gasteiger partial charge in [0.25, 0.3) is 5.91 Å². The lowest BCUT2D eigenvalue weighted by atomic mass is 10.2. The standard InChI is InChI=1S/C10H12N2O3/c1-14-6-12-8-4-7(11)2-3-9(8)15-5-10(12)13/h2-4H,5-6,11H2,1H3. The minimum Gasteiger partial charge on any atom is -0.482 e. The van der Waals surface area contributed by atoms with Crippen LogP contribution in [0, 0.1) is 0 Å². The van der Waals surface area contributed by atoms with Crippen molar-refractivity contribution in [1.29, 1.82) is 0 Å². The van der Waals surface area contributed by atoms with E-state index in [1.54, 1.807) is 18.2 Å². The van der Waals surface area contributed by atoms with Crippen molar-refractivity contribution in [3.8, 4) is 5.75 Å². The zero-order valence-electron chi connectivity index (χ0n) is 8.40. The zero-order valence-corrected chi connectivity index (χ0v) is 8.40. The van der Waals surface area contributed by atoms with E-state index in [0.29, 0.717) is 17.1 Å². The molecule has 1 amide bonds. The highest BCUT2D eigenvalue weighted by Gasteiger charge is 2.25. The number of nitrogens with two attached hydrogens (primary N) is 1. The van der Waals surface area contributed by atoms with Crippen molar-refractivity contribution in [2.75, 3.05) is 31.1 Å². The van der Waals surface area contributed by atoms with Gasteiger partial charge in [-0.15, -0.1) is 0 Å². The second-order valence-electron chi connectivity index (χ2n) is 3.26. The van der Waals surface area contributed by atoms with E-state index in [1.165, 1.54) is 12.0 Å². The van der Waals surface area contributed by atoms with Crippen LogP contribution < -0.4 is 15.4 Å². The van der Waals surface area contributed by atoms with Crippen LogP contribution in [0.15, 0.2) is 18.2 Å². The molecule has 1 aliphatic rings. The van der Waals surface area contributed by atoms with Crippen LogP contribution in [-0.4, -0.2) is 26.4 Å². The van der Waals surface area contributed by atoms with Crippen molar-refractivity contribution in [2.24, 2.45) is 0 Å². The highest BCUT2D eigenvalue weighted by Crippen LogP contribution is 2.33. The van der Waals surface area contributed by atoms with Crippen molar-refractivity contribution in [1.82, 2.24) is 0 Å². The number of carbonyl (C=O) groups is 1. The average molecular weight is 208 g/mol. The molecule has 15 heavy (non-hydrogen) atoms. The molecule has 80 valence electrons. The van der Waals surface area contributed by atoms with Crippen molar-refractivity contribution < 1.29 is 14.3 Å². The van der Waals surface area contributed by atoms with E-state index in [-0.39, 0.29) is 19.2 Å². The molecule has 1 aromatic rings. The maximum absolute atomic E-state index is 11.5. The van der Waals surface area contributed by atoms with Gasteiger partial charge in [0.05, 0.1) is 5.69 Å². The second kappa shape index (κ2) is 3.78. The first kappa shape index (κ1) is 9.79. The van der Waals surface area contributed by atoms with Gasteiger partial charge >= 0.3 is 0 Å². The molecule has 0 radical (unpaired) electrons. The third-order valence-electron chi connectivity index (χ3n) is 2.18. The summed E-state index contributed by atoms with van der Waals surface area (Å²) in [6.45, 7) is 0.249. The van der Waals surface area contributed by atoms with Gasteiger partial charge in [0, 0.05) is 12.8 Å². The number of amides is 1. The van der Waals surface area contributed by atoms with E-state index in [2.05, 4.69) is 0 Å². The number of anilines is 2. The number of hydrogen-bond donors (Lipinski definition) is 1. The van der Waals surface area contributed by atoms with Crippen LogP contribution in [-0.2, 0) is 9.53 Å². The summed E-state index contributed by atoms with van der Waals surface area (Å²) in [5, 5.41) is 0. The minimum atomic E-state index is -0.130. The molecule has 0 aromatic heterocycles. The Kier molecular flexibility index (Phi) is 2.47. The molecule has 5 heteroatoms. The topological polar surface area (TPSA) is 64.8 Å². The van der Waals surface area contributed by atoms with Gasteiger partial charge in [-0.3, -0.25) is 9.69 Å². The predicted octanol–water partition coefficient (Wildman–Crippen LogP) is 0.598. The number of hydrogen-bond acceptors (Lipinski definition) is 4. The molecule has 0 saturated heterocycles. The molecular weight excluding hydrogens is 196 g/mol. The number of carbonyl (C=O) groups excluding carboxylic acids is 1. The quantitative estimate of drug-likeness (QED) is 0.723. The Labute approximate surface area is 87.4 Å². The lowest BCUT2D eigenvalue weighted by Crippen LogP contribution is -2.39. The first-order valence-corrected chi connectivity index (χ1v) is 4.54. The molecule has 0 spiro atoms. The Hall–Kier alpha value is -1.75. The maximum Gasteiger partial charge on any atom is 0.266 e. The van der Waals surface area contributed by atoms with Crippen molar-refractivity contribution in [3.63, 3.8) is 0 Å². The molecule has 5 nitrogen and oxygen atoms in total. The first-order valence-electron chi connectivity index (χ1n) is 4.54. The molecular formula is C10H12N2O3. The van der Waals surface area contributed by atoms with Gasteiger partial charge in [0.15, 0.2) is 6.61 Å². The fourth-order valence-corrected chi connectivity index (χ4v) is 1.49. The molecule has 0 saturated carbocycles. The molecule has 2 N–H and O–H groups in total. The fourth-order valence-electron chi connectivity index (χ4n) is 1.49. The highest BCUT2D eigenvalue weighted by molar-refractivity contribution is 5.98. The number of nitrogens with zero attached hydrogens (tertiary/aromatic N) is 1. The molecule has 0 unspecified atom stereocenters. The summed E-state index contributed by atoms with van der Waals surface area (Å²) in [6, 6.07) is 5.19. The summed E-state index contributed by atoms with van der Waals surface area (Å²) < 4.78 is 10.2. The predicted molar refractivity (Wildman–Crippen MR) is 55.7 cm³/mol. The Morgan fingerprint density at radius 3 is 3.13 bits per heavy atom. The van der Waals surface area contributed by atoms with Gasteiger partial charge in [0.2, 0.25) is 0 Å². The number of methoxy groups -OCH3 is 1. The summed E-state index contributed by atoms with van der Waals surface area (Å²) in [4.78, 5) is 13.0. The van der Waals surface area contributed by atoms with E-state index < -0.39 is 0 Å². The van der Waals surface area contributed by atoms with E-state index in [1.807, 2.05) is 0 Å². The third kappa shape index (κ3) is 1.73. The summed E-state index contributed by atoms with van der Waals surface area (Å²) in [7, 11) is 1.54. The fraction of sp³-hybridized carbons (Fsp3) is 0.300. The monoisotopic (exact) mass is 208 g/mol. The van der Waals surface area contributed by atoms with Crippen molar-refractivity contribution in [3.05, 3.63) is 18.2 Å². The van der Waals surface area contributed by atoms with Gasteiger partial charge in [-0.1, -0.05) is 0 Å². The van der Waals surface area contributed by atoms with E-state index >= 15 is 0 Å². The largest absolute Gasteiger partial charge is 0.482 e. The summed E-state index contributed by atoms with van der Waals surface area (Å²) in [5.74, 6) is 0.524. The normalized spacial score (nSPS) is 14.7. The highest BCUT2D eigenvalue weighted by atomic mass is 16.5. The van der Waals surface area contributed by atoms with Crippen LogP contribution in [0.5, 0.6) is 5.75 Å². The van der Waals surface area contributed by atoms with Crippen molar-refractivity contribution >= 4 is 17.3 Å². The van der Waals surface area contributed by atoms with Crippen LogP contribution in [0.4, 0.5) is 11.4 Å². The van der Waals surface area contributed by atoms with E-state index in [9.17, 15) is 4.79 Å². The van der Waals surface area contributed by atoms with Gasteiger partial charge in [-0.05, 0) is 18.2 Å². The average Bonchev–Trinajstić information content (AvgIpc) is 2.23. The first-order chi connectivity index (χ1) is 7.22. The number of rotatable bonds is 2. The van der Waals surface area contributed by atoms with E-state index in [0.717, 1.165) is 0 Å². The third-order valence-corrected chi connectivity index (χ3v) is 2.18. The molecule has 1 heterocycles. The SMILES string of the molecule is COCN1C(=O)COc2ccc(N)cc21. The smallest absolute Gasteiger partial charge is 0.266 e. The number of nitrogen functional groups attached to an aromatic ring is 1. The summed E-state index contributed by atoms with van der Waals surface area (Å²) in [5.41, 5.74) is 6.90. The van der Waals surface area contributed by atoms with E-state index in [4.69, 9.17) is 15.2 Å². The van der Waals surface area contributed by atoms with Crippen LogP contribution in [0.1, 0.15) is 0 Å². The minimum absolute atomic E-state index is 0.0419. The van der Waals surface area contributed by atoms with Gasteiger partial charge in [-0.25, -0.2) is 0 Å². The van der Waals surface area contributed by atoms with Gasteiger partial charge < -0.3 is 15.2 Å². The summed E-state index contributed by atoms with van der Waals surface area (Å²) >= 11 is 0. The van der Waals surface area contributed by atoms with Crippen LogP contribution in [0.25, 0.3) is 0 Å². The number of ether oxygens (including phenoxy) is 2.